The van der Waals surface area contributed by atoms with Crippen molar-refractivity contribution in [1.82, 2.24) is 0 Å². The van der Waals surface area contributed by atoms with Crippen LogP contribution in [0.5, 0.6) is 0 Å². The van der Waals surface area contributed by atoms with Gasteiger partial charge >= 0.3 is 5.97 Å². The van der Waals surface area contributed by atoms with Crippen molar-refractivity contribution < 1.29 is 9.90 Å². The largest absolute Gasteiger partial charge is 0.481 e. The molecule has 0 saturated heterocycles. The van der Waals surface area contributed by atoms with Gasteiger partial charge in [-0.3, -0.25) is 4.79 Å². The van der Waals surface area contributed by atoms with E-state index < -0.39 is 5.97 Å². The van der Waals surface area contributed by atoms with Crippen molar-refractivity contribution in [3.8, 4) is 0 Å². The highest BCUT2D eigenvalue weighted by atomic mass is 16.4. The summed E-state index contributed by atoms with van der Waals surface area (Å²) in [6.45, 7) is 5.28. The Bertz CT molecular complexity index is 110. The second kappa shape index (κ2) is 3.24. The number of allylic oxidation sites excluding steroid dienone is 1. The van der Waals surface area contributed by atoms with Crippen LogP contribution in [0.2, 0.25) is 0 Å². The fourth-order valence-electron chi connectivity index (χ4n) is 0.262. The third-order valence-corrected chi connectivity index (χ3v) is 0.625. The van der Waals surface area contributed by atoms with Crippen LogP contribution >= 0.6 is 0 Å². The lowest BCUT2D eigenvalue weighted by Gasteiger charge is -1.84. The van der Waals surface area contributed by atoms with E-state index in [1.54, 1.807) is 13.0 Å². The fourth-order valence-corrected chi connectivity index (χ4v) is 0.262. The number of carbonyl (C=O) groups is 1. The van der Waals surface area contributed by atoms with Gasteiger partial charge in [-0.1, -0.05) is 11.6 Å². The van der Waals surface area contributed by atoms with Gasteiger partial charge < -0.3 is 5.11 Å². The molecule has 0 aromatic rings. The van der Waals surface area contributed by atoms with Crippen LogP contribution in [0.4, 0.5) is 0 Å². The molecule has 1 radical (unpaired) electrons. The van der Waals surface area contributed by atoms with Crippen molar-refractivity contribution in [3.05, 3.63) is 18.6 Å². The van der Waals surface area contributed by atoms with Crippen molar-refractivity contribution in [1.29, 1.82) is 0 Å². The van der Waals surface area contributed by atoms with E-state index >= 15 is 0 Å². The summed E-state index contributed by atoms with van der Waals surface area (Å²) < 4.78 is 0. The molecule has 0 fully saturated rings. The number of carboxylic acid groups (broad SMARTS) is 1. The number of hydrogen-bond donors (Lipinski definition) is 1. The van der Waals surface area contributed by atoms with Gasteiger partial charge in [0.15, 0.2) is 0 Å². The molecule has 0 aliphatic carbocycles. The van der Waals surface area contributed by atoms with Crippen LogP contribution in [0.15, 0.2) is 11.6 Å². The first kappa shape index (κ1) is 7.21. The molecule has 0 aromatic carbocycles. The molecule has 45 valence electrons. The number of rotatable bonds is 2. The summed E-state index contributed by atoms with van der Waals surface area (Å²) in [5.41, 5.74) is 0.799. The molecule has 8 heavy (non-hydrogen) atoms. The van der Waals surface area contributed by atoms with Crippen LogP contribution in [0.3, 0.4) is 0 Å². The van der Waals surface area contributed by atoms with Gasteiger partial charge in [0.1, 0.15) is 0 Å². The number of carboxylic acids is 1. The van der Waals surface area contributed by atoms with E-state index in [1.165, 1.54) is 0 Å². The molecule has 0 atom stereocenters. The van der Waals surface area contributed by atoms with Crippen LogP contribution in [-0.2, 0) is 4.79 Å². The van der Waals surface area contributed by atoms with Crippen molar-refractivity contribution in [2.75, 3.05) is 0 Å². The van der Waals surface area contributed by atoms with Gasteiger partial charge in [0.2, 0.25) is 0 Å². The molecule has 2 nitrogen and oxygen atoms in total. The van der Waals surface area contributed by atoms with E-state index in [2.05, 4.69) is 6.92 Å². The van der Waals surface area contributed by atoms with Gasteiger partial charge in [0.05, 0.1) is 6.42 Å². The average molecular weight is 113 g/mol. The summed E-state index contributed by atoms with van der Waals surface area (Å²) in [5, 5.41) is 8.09. The first-order valence-electron chi connectivity index (χ1n) is 2.33. The Hall–Kier alpha value is -0.790. The highest BCUT2D eigenvalue weighted by Gasteiger charge is 1.88. The maximum atomic E-state index is 9.83. The quantitative estimate of drug-likeness (QED) is 0.585. The standard InChI is InChI=1S/C6H9O2/c1-5(2)3-4-6(7)8/h3H,1,4H2,2H3,(H,7,8)/b5-3-. The van der Waals surface area contributed by atoms with Gasteiger partial charge in [0, 0.05) is 0 Å². The lowest BCUT2D eigenvalue weighted by atomic mass is 10.3. The molecule has 0 saturated carbocycles. The number of hydrogen-bond acceptors (Lipinski definition) is 1. The second-order valence-corrected chi connectivity index (χ2v) is 1.65. The maximum Gasteiger partial charge on any atom is 0.307 e. The molecule has 0 aliphatic heterocycles. The minimum atomic E-state index is -0.812. The van der Waals surface area contributed by atoms with Crippen LogP contribution in [0, 0.1) is 6.92 Å². The van der Waals surface area contributed by atoms with Gasteiger partial charge in [-0.25, -0.2) is 0 Å². The van der Waals surface area contributed by atoms with E-state index in [1.807, 2.05) is 0 Å². The predicted octanol–water partition coefficient (Wildman–Crippen LogP) is 1.24. The first-order valence-corrected chi connectivity index (χ1v) is 2.33. The zero-order valence-electron chi connectivity index (χ0n) is 4.85. The predicted molar refractivity (Wildman–Crippen MR) is 31.4 cm³/mol. The zero-order chi connectivity index (χ0) is 6.57. The lowest BCUT2D eigenvalue weighted by molar-refractivity contribution is -0.136. The van der Waals surface area contributed by atoms with E-state index in [0.717, 1.165) is 5.57 Å². The van der Waals surface area contributed by atoms with Gasteiger partial charge in [-0.05, 0) is 13.8 Å². The summed E-state index contributed by atoms with van der Waals surface area (Å²) in [4.78, 5) is 9.83. The van der Waals surface area contributed by atoms with Crippen LogP contribution in [-0.4, -0.2) is 11.1 Å². The third-order valence-electron chi connectivity index (χ3n) is 0.625. The molecular formula is C6H9O2. The van der Waals surface area contributed by atoms with Crippen molar-refractivity contribution in [3.63, 3.8) is 0 Å². The first-order chi connectivity index (χ1) is 3.63. The fraction of sp³-hybridized carbons (Fsp3) is 0.333. The van der Waals surface area contributed by atoms with E-state index in [-0.39, 0.29) is 6.42 Å². The average Bonchev–Trinajstić information content (AvgIpc) is 1.61. The summed E-state index contributed by atoms with van der Waals surface area (Å²) >= 11 is 0. The van der Waals surface area contributed by atoms with Gasteiger partial charge in [-0.2, -0.15) is 0 Å². The molecule has 0 aliphatic rings. The molecule has 0 rings (SSSR count). The van der Waals surface area contributed by atoms with Crippen LogP contribution < -0.4 is 0 Å². The highest BCUT2D eigenvalue weighted by Crippen LogP contribution is 1.90. The topological polar surface area (TPSA) is 37.3 Å². The normalized spacial score (nSPS) is 11.5. The summed E-state index contributed by atoms with van der Waals surface area (Å²) in [5.74, 6) is -0.812. The van der Waals surface area contributed by atoms with Crippen LogP contribution in [0.25, 0.3) is 0 Å². The molecule has 1 N–H and O–H groups in total. The Balaban J connectivity index is 3.45. The summed E-state index contributed by atoms with van der Waals surface area (Å²) in [6.07, 6.45) is 1.65. The number of aliphatic carboxylic acids is 1. The lowest BCUT2D eigenvalue weighted by Crippen LogP contribution is -1.90. The van der Waals surface area contributed by atoms with Gasteiger partial charge in [0.25, 0.3) is 0 Å². The van der Waals surface area contributed by atoms with Crippen molar-refractivity contribution in [2.45, 2.75) is 13.3 Å². The van der Waals surface area contributed by atoms with Crippen molar-refractivity contribution in [2.24, 2.45) is 0 Å². The molecule has 0 bridgehead atoms. The van der Waals surface area contributed by atoms with E-state index in [0.29, 0.717) is 0 Å². The maximum absolute atomic E-state index is 9.83. The third kappa shape index (κ3) is 5.21. The smallest absolute Gasteiger partial charge is 0.307 e. The Morgan fingerprint density at radius 2 is 2.38 bits per heavy atom. The SMILES string of the molecule is [CH2]/C(C)=C/CC(=O)O. The molecule has 0 heterocycles. The molecule has 0 amide bonds. The summed E-state index contributed by atoms with van der Waals surface area (Å²) in [7, 11) is 0. The zero-order valence-corrected chi connectivity index (χ0v) is 4.85. The van der Waals surface area contributed by atoms with E-state index in [4.69, 9.17) is 5.11 Å². The molecule has 0 aromatic heterocycles. The molecular weight excluding hydrogens is 104 g/mol. The Morgan fingerprint density at radius 3 is 2.50 bits per heavy atom. The minimum Gasteiger partial charge on any atom is -0.481 e. The minimum absolute atomic E-state index is 0.0787. The Labute approximate surface area is 48.8 Å². The second-order valence-electron chi connectivity index (χ2n) is 1.65. The Morgan fingerprint density at radius 1 is 1.88 bits per heavy atom. The monoisotopic (exact) mass is 113 g/mol. The van der Waals surface area contributed by atoms with Crippen LogP contribution in [0.1, 0.15) is 13.3 Å². The molecule has 0 spiro atoms. The van der Waals surface area contributed by atoms with Crippen molar-refractivity contribution >= 4 is 5.97 Å². The molecule has 2 heteroatoms. The summed E-state index contributed by atoms with van der Waals surface area (Å²) in [6, 6.07) is 0. The van der Waals surface area contributed by atoms with Gasteiger partial charge in [-0.15, -0.1) is 0 Å². The van der Waals surface area contributed by atoms with E-state index in [9.17, 15) is 4.79 Å². The highest BCUT2D eigenvalue weighted by molar-refractivity contribution is 5.68. The molecule has 0 unspecified atom stereocenters. The Kier molecular flexibility index (Phi) is 2.92.